The van der Waals surface area contributed by atoms with Crippen molar-refractivity contribution in [1.29, 1.82) is 0 Å². The van der Waals surface area contributed by atoms with E-state index in [4.69, 9.17) is 28.3 Å². The van der Waals surface area contributed by atoms with Gasteiger partial charge in [0.1, 0.15) is 17.5 Å². The average Bonchev–Trinajstić information content (AvgIpc) is 3.53. The zero-order chi connectivity index (χ0) is 26.1. The Kier molecular flexibility index (Phi) is 6.66. The summed E-state index contributed by atoms with van der Waals surface area (Å²) in [4.78, 5) is 19.8. The molecule has 5 rings (SSSR count). The zero-order valence-corrected chi connectivity index (χ0v) is 21.5. The van der Waals surface area contributed by atoms with E-state index in [1.165, 1.54) is 0 Å². The van der Waals surface area contributed by atoms with Gasteiger partial charge in [0.2, 0.25) is 5.89 Å². The second kappa shape index (κ2) is 10.1. The molecule has 2 atom stereocenters. The fourth-order valence-corrected chi connectivity index (χ4v) is 4.76. The molecule has 0 radical (unpaired) electrons. The zero-order valence-electron chi connectivity index (χ0n) is 21.5. The summed E-state index contributed by atoms with van der Waals surface area (Å²) in [6, 6.07) is 10.9. The first-order chi connectivity index (χ1) is 18.0. The van der Waals surface area contributed by atoms with Crippen LogP contribution >= 0.6 is 0 Å². The molecule has 2 aliphatic rings. The van der Waals surface area contributed by atoms with Crippen LogP contribution in [0.2, 0.25) is 0 Å². The second-order valence-electron chi connectivity index (χ2n) is 8.78. The van der Waals surface area contributed by atoms with Gasteiger partial charge in [0.15, 0.2) is 23.0 Å². The highest BCUT2D eigenvalue weighted by Crippen LogP contribution is 2.39. The third-order valence-electron chi connectivity index (χ3n) is 6.73. The maximum absolute atomic E-state index is 13.4. The number of nitrogens with one attached hydrogen (secondary N) is 1. The molecule has 10 nitrogen and oxygen atoms in total. The lowest BCUT2D eigenvalue weighted by Gasteiger charge is -2.31. The van der Waals surface area contributed by atoms with Crippen LogP contribution in [0, 0.1) is 6.92 Å². The van der Waals surface area contributed by atoms with Crippen LogP contribution in [-0.2, 0) is 11.3 Å². The highest BCUT2D eigenvalue weighted by Gasteiger charge is 2.40. The number of nitrogens with zero attached hydrogens (tertiary/aromatic N) is 3. The summed E-state index contributed by atoms with van der Waals surface area (Å²) in [6.45, 7) is 2.13. The molecule has 0 saturated carbocycles. The summed E-state index contributed by atoms with van der Waals surface area (Å²) < 4.78 is 27.7. The molecule has 1 fully saturated rings. The molecule has 1 amide bonds. The van der Waals surface area contributed by atoms with Gasteiger partial charge in [0, 0.05) is 12.4 Å². The van der Waals surface area contributed by atoms with E-state index in [2.05, 4.69) is 5.43 Å². The number of ether oxygens (including phenoxy) is 4. The highest BCUT2D eigenvalue weighted by atomic mass is 16.5. The smallest absolute Gasteiger partial charge is 0.251 e. The Morgan fingerprint density at radius 1 is 1.00 bits per heavy atom. The molecule has 0 aliphatic carbocycles. The molecule has 0 spiro atoms. The predicted molar refractivity (Wildman–Crippen MR) is 135 cm³/mol. The first-order valence-corrected chi connectivity index (χ1v) is 11.9. The van der Waals surface area contributed by atoms with Crippen LogP contribution in [-0.4, -0.2) is 55.3 Å². The van der Waals surface area contributed by atoms with Crippen molar-refractivity contribution in [2.45, 2.75) is 32.0 Å². The van der Waals surface area contributed by atoms with E-state index in [9.17, 15) is 4.79 Å². The van der Waals surface area contributed by atoms with E-state index in [1.807, 2.05) is 54.5 Å². The van der Waals surface area contributed by atoms with Crippen molar-refractivity contribution >= 4 is 5.91 Å². The van der Waals surface area contributed by atoms with Gasteiger partial charge in [-0.3, -0.25) is 4.79 Å². The Bertz CT molecular complexity index is 1340. The number of methoxy groups -OCH3 is 4. The third kappa shape index (κ3) is 4.44. The maximum atomic E-state index is 13.4. The number of hydrazine groups is 1. The Labute approximate surface area is 215 Å². The van der Waals surface area contributed by atoms with Gasteiger partial charge >= 0.3 is 0 Å². The fourth-order valence-electron chi connectivity index (χ4n) is 4.76. The van der Waals surface area contributed by atoms with E-state index in [0.29, 0.717) is 58.9 Å². The average molecular weight is 507 g/mol. The largest absolute Gasteiger partial charge is 0.493 e. The van der Waals surface area contributed by atoms with Gasteiger partial charge in [-0.05, 0) is 43.2 Å². The van der Waals surface area contributed by atoms with Gasteiger partial charge < -0.3 is 33.3 Å². The van der Waals surface area contributed by atoms with E-state index in [1.54, 1.807) is 39.5 Å². The number of rotatable bonds is 8. The predicted octanol–water partition coefficient (Wildman–Crippen LogP) is 3.82. The lowest BCUT2D eigenvalue weighted by Crippen LogP contribution is -2.47. The summed E-state index contributed by atoms with van der Waals surface area (Å²) in [5.74, 6) is 3.48. The topological polar surface area (TPSA) is 98.5 Å². The Morgan fingerprint density at radius 3 is 2.51 bits per heavy atom. The Hall–Kier alpha value is -4.18. The van der Waals surface area contributed by atoms with Crippen molar-refractivity contribution in [1.82, 2.24) is 20.3 Å². The molecule has 2 unspecified atom stereocenters. The summed E-state index contributed by atoms with van der Waals surface area (Å²) in [5.41, 5.74) is 5.79. The van der Waals surface area contributed by atoms with Gasteiger partial charge in [0.05, 0.1) is 46.6 Å². The molecule has 3 aromatic rings. The number of hydrogen-bond acceptors (Lipinski definition) is 9. The van der Waals surface area contributed by atoms with Gasteiger partial charge in [-0.1, -0.05) is 12.1 Å². The lowest BCUT2D eigenvalue weighted by molar-refractivity contribution is -0.135. The summed E-state index contributed by atoms with van der Waals surface area (Å²) in [7, 11) is 6.38. The quantitative estimate of drug-likeness (QED) is 0.489. The number of para-hydroxylation sites is 1. The lowest BCUT2D eigenvalue weighted by atomic mass is 10.0. The number of aryl methyl sites for hydroxylation is 1. The number of fused-ring (bicyclic) bond motifs is 1. The molecular formula is C27H30N4O6. The van der Waals surface area contributed by atoms with E-state index >= 15 is 0 Å². The molecule has 2 aromatic carbocycles. The Morgan fingerprint density at radius 2 is 1.78 bits per heavy atom. The standard InChI is InChI=1S/C27H30N4O6/c1-16-20(28-26(37-16)18-7-6-8-23(34-3)25(18)36-5)15-30-11-12-31-21(27(30)32)14-19(29-31)17-9-10-22(33-2)24(13-17)35-4/h6-13,19,21,29H,14-15H2,1-5H3. The second-order valence-corrected chi connectivity index (χ2v) is 8.78. The molecule has 1 N–H and O–H groups in total. The van der Waals surface area contributed by atoms with Crippen molar-refractivity contribution in [3.63, 3.8) is 0 Å². The number of benzene rings is 2. The van der Waals surface area contributed by atoms with Crippen molar-refractivity contribution in [3.05, 3.63) is 65.8 Å². The van der Waals surface area contributed by atoms with E-state index in [0.717, 1.165) is 5.56 Å². The molecule has 3 heterocycles. The van der Waals surface area contributed by atoms with Crippen LogP contribution in [0.25, 0.3) is 11.5 Å². The maximum Gasteiger partial charge on any atom is 0.251 e. The third-order valence-corrected chi connectivity index (χ3v) is 6.73. The summed E-state index contributed by atoms with van der Waals surface area (Å²) in [6.07, 6.45) is 4.26. The van der Waals surface area contributed by atoms with Crippen molar-refractivity contribution in [2.75, 3.05) is 28.4 Å². The minimum absolute atomic E-state index is 0.0131. The minimum Gasteiger partial charge on any atom is -0.493 e. The van der Waals surface area contributed by atoms with Crippen LogP contribution < -0.4 is 24.4 Å². The van der Waals surface area contributed by atoms with Crippen LogP contribution in [0.3, 0.4) is 0 Å². The molecule has 0 bridgehead atoms. The number of hydrogen-bond donors (Lipinski definition) is 1. The van der Waals surface area contributed by atoms with Gasteiger partial charge in [-0.2, -0.15) is 0 Å². The monoisotopic (exact) mass is 506 g/mol. The molecule has 2 aliphatic heterocycles. The SMILES string of the molecule is COc1ccc(C2CC3C(=O)N(Cc4nc(-c5cccc(OC)c5OC)oc4C)C=CN3N2)cc1OC. The summed E-state index contributed by atoms with van der Waals surface area (Å²) >= 11 is 0. The first-order valence-electron chi connectivity index (χ1n) is 11.9. The number of carbonyl (C=O) groups excluding carboxylic acids is 1. The molecule has 1 aromatic heterocycles. The molecule has 10 heteroatoms. The molecule has 194 valence electrons. The number of aromatic nitrogens is 1. The first kappa shape index (κ1) is 24.5. The van der Waals surface area contributed by atoms with Crippen LogP contribution in [0.4, 0.5) is 0 Å². The molecule has 37 heavy (non-hydrogen) atoms. The normalized spacial score (nSPS) is 18.7. The van der Waals surface area contributed by atoms with Gasteiger partial charge in [0.25, 0.3) is 5.91 Å². The number of oxazole rings is 1. The minimum atomic E-state index is -0.340. The summed E-state index contributed by atoms with van der Waals surface area (Å²) in [5, 5.41) is 1.86. The van der Waals surface area contributed by atoms with E-state index in [-0.39, 0.29) is 18.0 Å². The number of carbonyl (C=O) groups is 1. The molecule has 1 saturated heterocycles. The van der Waals surface area contributed by atoms with Crippen molar-refractivity contribution < 1.29 is 28.2 Å². The van der Waals surface area contributed by atoms with E-state index < -0.39 is 0 Å². The van der Waals surface area contributed by atoms with Gasteiger partial charge in [-0.15, -0.1) is 0 Å². The van der Waals surface area contributed by atoms with Gasteiger partial charge in [-0.25, -0.2) is 10.4 Å². The number of amides is 1. The van der Waals surface area contributed by atoms with Crippen molar-refractivity contribution in [2.24, 2.45) is 0 Å². The van der Waals surface area contributed by atoms with Crippen LogP contribution in [0.15, 0.2) is 53.2 Å². The Balaban J connectivity index is 1.33. The van der Waals surface area contributed by atoms with Crippen molar-refractivity contribution in [3.8, 4) is 34.5 Å². The fraction of sp³-hybridized carbons (Fsp3) is 0.333. The van der Waals surface area contributed by atoms with Crippen LogP contribution in [0.5, 0.6) is 23.0 Å². The molecular weight excluding hydrogens is 476 g/mol. The van der Waals surface area contributed by atoms with Crippen LogP contribution in [0.1, 0.15) is 29.5 Å². The highest BCUT2D eigenvalue weighted by molar-refractivity contribution is 5.84.